The molecular weight excluding hydrogens is 438 g/mol. The average molecular weight is 461 g/mol. The third-order valence-electron chi connectivity index (χ3n) is 4.68. The largest absolute Gasteiger partial charge is 0.497 e. The predicted octanol–water partition coefficient (Wildman–Crippen LogP) is 3.41. The van der Waals surface area contributed by atoms with Gasteiger partial charge < -0.3 is 23.5 Å². The van der Waals surface area contributed by atoms with Gasteiger partial charge in [-0.2, -0.15) is 4.99 Å². The van der Waals surface area contributed by atoms with E-state index in [-0.39, 0.29) is 17.1 Å². The van der Waals surface area contributed by atoms with Crippen LogP contribution in [0.2, 0.25) is 0 Å². The molecule has 0 bridgehead atoms. The number of methoxy groups -OCH3 is 3. The van der Waals surface area contributed by atoms with E-state index >= 15 is 0 Å². The molecule has 0 saturated heterocycles. The minimum atomic E-state index is -0.763. The fraction of sp³-hybridized carbons (Fsp3) is 0.333. The van der Waals surface area contributed by atoms with Gasteiger partial charge in [-0.25, -0.2) is 0 Å². The van der Waals surface area contributed by atoms with Crippen molar-refractivity contribution in [2.75, 3.05) is 34.5 Å². The molecular formula is C21H23N3O7S. The second kappa shape index (κ2) is 10.2. The molecule has 10 nitrogen and oxygen atoms in total. The van der Waals surface area contributed by atoms with Gasteiger partial charge in [0.1, 0.15) is 11.3 Å². The van der Waals surface area contributed by atoms with E-state index in [1.54, 1.807) is 7.11 Å². The van der Waals surface area contributed by atoms with Gasteiger partial charge in [-0.1, -0.05) is 11.3 Å². The zero-order valence-electron chi connectivity index (χ0n) is 18.1. The summed E-state index contributed by atoms with van der Waals surface area (Å²) in [6.45, 7) is 3.33. The number of aromatic nitrogens is 1. The summed E-state index contributed by atoms with van der Waals surface area (Å²) in [4.78, 5) is 28.6. The predicted molar refractivity (Wildman–Crippen MR) is 119 cm³/mol. The summed E-state index contributed by atoms with van der Waals surface area (Å²) in [6, 6.07) is 7.96. The Labute approximate surface area is 187 Å². The van der Waals surface area contributed by atoms with Crippen molar-refractivity contribution in [2.45, 2.75) is 13.5 Å². The lowest BCUT2D eigenvalue weighted by Crippen LogP contribution is -2.20. The van der Waals surface area contributed by atoms with Gasteiger partial charge in [0.25, 0.3) is 11.6 Å². The fourth-order valence-electron chi connectivity index (χ4n) is 3.12. The van der Waals surface area contributed by atoms with Crippen LogP contribution in [-0.4, -0.2) is 49.9 Å². The summed E-state index contributed by atoms with van der Waals surface area (Å²) in [7, 11) is 4.32. The van der Waals surface area contributed by atoms with Crippen molar-refractivity contribution in [3.8, 4) is 17.2 Å². The molecule has 3 aromatic rings. The van der Waals surface area contributed by atoms with Crippen LogP contribution in [0.5, 0.6) is 17.2 Å². The second-order valence-corrected chi connectivity index (χ2v) is 7.47. The van der Waals surface area contributed by atoms with E-state index in [4.69, 9.17) is 18.9 Å². The van der Waals surface area contributed by atoms with E-state index < -0.39 is 16.5 Å². The second-order valence-electron chi connectivity index (χ2n) is 6.47. The summed E-state index contributed by atoms with van der Waals surface area (Å²) in [5.74, 6) is 0.254. The number of rotatable bonds is 9. The quantitative estimate of drug-likeness (QED) is 0.272. The van der Waals surface area contributed by atoms with Crippen molar-refractivity contribution in [1.29, 1.82) is 0 Å². The summed E-state index contributed by atoms with van der Waals surface area (Å²) in [5.41, 5.74) is 0.239. The van der Waals surface area contributed by atoms with Crippen molar-refractivity contribution >= 4 is 33.1 Å². The van der Waals surface area contributed by atoms with Crippen LogP contribution in [0.3, 0.4) is 0 Å². The Hall–Kier alpha value is -3.44. The Morgan fingerprint density at radius 1 is 1.12 bits per heavy atom. The van der Waals surface area contributed by atoms with E-state index in [9.17, 15) is 14.9 Å². The zero-order chi connectivity index (χ0) is 23.3. The van der Waals surface area contributed by atoms with E-state index in [2.05, 4.69) is 4.99 Å². The third kappa shape index (κ3) is 4.73. The number of hydrogen-bond donors (Lipinski definition) is 0. The SMILES string of the molecule is CCOCCn1c(=NC(=O)c2cc(OC)c(OC)cc2[N+](=O)[O-])sc2cc(OC)ccc21. The van der Waals surface area contributed by atoms with Crippen molar-refractivity contribution in [3.63, 3.8) is 0 Å². The lowest BCUT2D eigenvalue weighted by atomic mass is 10.1. The van der Waals surface area contributed by atoms with Gasteiger partial charge in [-0.05, 0) is 25.1 Å². The Morgan fingerprint density at radius 2 is 1.84 bits per heavy atom. The molecule has 0 fully saturated rings. The van der Waals surface area contributed by atoms with Crippen molar-refractivity contribution in [2.24, 2.45) is 4.99 Å². The minimum absolute atomic E-state index is 0.150. The number of amides is 1. The lowest BCUT2D eigenvalue weighted by molar-refractivity contribution is -0.385. The number of fused-ring (bicyclic) bond motifs is 1. The molecule has 0 aliphatic carbocycles. The van der Waals surface area contributed by atoms with Crippen LogP contribution < -0.4 is 19.0 Å². The van der Waals surface area contributed by atoms with Crippen molar-refractivity contribution in [3.05, 3.63) is 50.8 Å². The first-order valence-corrected chi connectivity index (χ1v) is 10.5. The van der Waals surface area contributed by atoms with Crippen LogP contribution >= 0.6 is 11.3 Å². The van der Waals surface area contributed by atoms with Crippen LogP contribution in [0, 0.1) is 10.1 Å². The highest BCUT2D eigenvalue weighted by Crippen LogP contribution is 2.35. The number of nitro groups is 1. The molecule has 0 saturated carbocycles. The number of nitro benzene ring substituents is 1. The summed E-state index contributed by atoms with van der Waals surface area (Å²) >= 11 is 1.28. The van der Waals surface area contributed by atoms with Crippen LogP contribution in [0.15, 0.2) is 35.3 Å². The number of nitrogens with zero attached hydrogens (tertiary/aromatic N) is 3. The molecule has 0 aliphatic rings. The van der Waals surface area contributed by atoms with Gasteiger partial charge in [-0.15, -0.1) is 0 Å². The third-order valence-corrected chi connectivity index (χ3v) is 5.72. The van der Waals surface area contributed by atoms with Gasteiger partial charge in [0.2, 0.25) is 0 Å². The highest BCUT2D eigenvalue weighted by molar-refractivity contribution is 7.16. The number of benzene rings is 2. The number of carbonyl (C=O) groups excluding carboxylic acids is 1. The molecule has 0 radical (unpaired) electrons. The highest BCUT2D eigenvalue weighted by Gasteiger charge is 2.24. The van der Waals surface area contributed by atoms with Gasteiger partial charge in [0, 0.05) is 19.2 Å². The summed E-state index contributed by atoms with van der Waals surface area (Å²) < 4.78 is 23.8. The fourth-order valence-corrected chi connectivity index (χ4v) is 4.20. The van der Waals surface area contributed by atoms with E-state index in [1.165, 1.54) is 31.6 Å². The number of hydrogen-bond acceptors (Lipinski definition) is 8. The Bertz CT molecular complexity index is 1220. The maximum atomic E-state index is 13.1. The number of thiazole rings is 1. The van der Waals surface area contributed by atoms with E-state index in [1.807, 2.05) is 29.7 Å². The lowest BCUT2D eigenvalue weighted by Gasteiger charge is -2.09. The molecule has 2 aromatic carbocycles. The molecule has 170 valence electrons. The smallest absolute Gasteiger partial charge is 0.286 e. The zero-order valence-corrected chi connectivity index (χ0v) is 18.9. The average Bonchev–Trinajstić information content (AvgIpc) is 3.13. The number of ether oxygens (including phenoxy) is 4. The molecule has 1 aromatic heterocycles. The molecule has 11 heteroatoms. The molecule has 0 spiro atoms. The molecule has 0 atom stereocenters. The maximum absolute atomic E-state index is 13.1. The first-order chi connectivity index (χ1) is 15.4. The summed E-state index contributed by atoms with van der Waals surface area (Å²) in [5, 5.41) is 11.6. The van der Waals surface area contributed by atoms with Crippen LogP contribution in [-0.2, 0) is 11.3 Å². The Kier molecular flexibility index (Phi) is 7.44. The van der Waals surface area contributed by atoms with Gasteiger partial charge in [-0.3, -0.25) is 14.9 Å². The topological polar surface area (TPSA) is 114 Å². The van der Waals surface area contributed by atoms with Crippen LogP contribution in [0.25, 0.3) is 10.2 Å². The first-order valence-electron chi connectivity index (χ1n) is 9.68. The molecule has 0 N–H and O–H groups in total. The molecule has 0 aliphatic heterocycles. The molecule has 1 heterocycles. The standard InChI is InChI=1S/C21H23N3O7S/c1-5-31-9-8-23-15-7-6-13(28-2)10-19(15)32-21(23)22-20(25)14-11-17(29-3)18(30-4)12-16(14)24(26)27/h6-7,10-12H,5,8-9H2,1-4H3. The van der Waals surface area contributed by atoms with E-state index in [0.29, 0.717) is 30.3 Å². The van der Waals surface area contributed by atoms with Gasteiger partial charge in [0.05, 0.1) is 49.1 Å². The first kappa shape index (κ1) is 23.2. The maximum Gasteiger partial charge on any atom is 0.286 e. The minimum Gasteiger partial charge on any atom is -0.497 e. The molecule has 3 rings (SSSR count). The van der Waals surface area contributed by atoms with Gasteiger partial charge >= 0.3 is 0 Å². The van der Waals surface area contributed by atoms with E-state index in [0.717, 1.165) is 16.3 Å². The van der Waals surface area contributed by atoms with Crippen LogP contribution in [0.1, 0.15) is 17.3 Å². The Balaban J connectivity index is 2.16. The highest BCUT2D eigenvalue weighted by atomic mass is 32.1. The Morgan fingerprint density at radius 3 is 2.47 bits per heavy atom. The summed E-state index contributed by atoms with van der Waals surface area (Å²) in [6.07, 6.45) is 0. The monoisotopic (exact) mass is 461 g/mol. The normalized spacial score (nSPS) is 11.6. The molecule has 1 amide bonds. The van der Waals surface area contributed by atoms with Gasteiger partial charge in [0.15, 0.2) is 16.3 Å². The van der Waals surface area contributed by atoms with Crippen molar-refractivity contribution in [1.82, 2.24) is 4.57 Å². The molecule has 32 heavy (non-hydrogen) atoms. The van der Waals surface area contributed by atoms with Crippen LogP contribution in [0.4, 0.5) is 5.69 Å². The number of carbonyl (C=O) groups is 1. The molecule has 0 unspecified atom stereocenters. The van der Waals surface area contributed by atoms with Crippen molar-refractivity contribution < 1.29 is 28.7 Å².